The van der Waals surface area contributed by atoms with Gasteiger partial charge < -0.3 is 10.1 Å². The monoisotopic (exact) mass is 435 g/mol. The molecule has 1 aliphatic rings. The summed E-state index contributed by atoms with van der Waals surface area (Å²) in [6, 6.07) is 19.0. The Morgan fingerprint density at radius 1 is 0.781 bits per heavy atom. The summed E-state index contributed by atoms with van der Waals surface area (Å²) < 4.78 is 5.81. The molecule has 1 fully saturated rings. The molecule has 0 spiro atoms. The van der Waals surface area contributed by atoms with Crippen molar-refractivity contribution in [3.63, 3.8) is 0 Å². The van der Waals surface area contributed by atoms with Crippen LogP contribution in [-0.2, 0) is 10.2 Å². The van der Waals surface area contributed by atoms with Gasteiger partial charge >= 0.3 is 0 Å². The number of ether oxygens (including phenoxy) is 1. The van der Waals surface area contributed by atoms with Gasteiger partial charge in [0.15, 0.2) is 6.61 Å². The second kappa shape index (κ2) is 12.7. The molecule has 0 heterocycles. The third-order valence-electron chi connectivity index (χ3n) is 6.91. The number of carbonyl (C=O) groups excluding carboxylic acids is 1. The molecule has 1 saturated carbocycles. The average molecular weight is 436 g/mol. The van der Waals surface area contributed by atoms with E-state index in [2.05, 4.69) is 55.6 Å². The summed E-state index contributed by atoms with van der Waals surface area (Å²) in [5.74, 6) is 0.738. The van der Waals surface area contributed by atoms with E-state index in [4.69, 9.17) is 4.74 Å². The van der Waals surface area contributed by atoms with Crippen LogP contribution in [0.25, 0.3) is 0 Å². The first kappa shape index (κ1) is 24.4. The zero-order chi connectivity index (χ0) is 22.7. The molecule has 32 heavy (non-hydrogen) atoms. The largest absolute Gasteiger partial charge is 0.484 e. The van der Waals surface area contributed by atoms with Crippen molar-refractivity contribution in [2.24, 2.45) is 0 Å². The van der Waals surface area contributed by atoms with Crippen LogP contribution in [0, 0.1) is 0 Å². The van der Waals surface area contributed by atoms with Crippen molar-refractivity contribution in [1.29, 1.82) is 0 Å². The van der Waals surface area contributed by atoms with Gasteiger partial charge in [-0.25, -0.2) is 0 Å². The fourth-order valence-corrected chi connectivity index (χ4v) is 4.72. The number of benzene rings is 2. The highest BCUT2D eigenvalue weighted by Gasteiger charge is 2.22. The van der Waals surface area contributed by atoms with E-state index in [1.807, 2.05) is 18.2 Å². The number of hydrogen-bond acceptors (Lipinski definition) is 2. The molecule has 0 aliphatic heterocycles. The van der Waals surface area contributed by atoms with Crippen LogP contribution in [0.3, 0.4) is 0 Å². The zero-order valence-electron chi connectivity index (χ0n) is 20.1. The molecule has 3 rings (SSSR count). The maximum absolute atomic E-state index is 12.5. The maximum atomic E-state index is 12.5. The molecule has 0 saturated heterocycles. The van der Waals surface area contributed by atoms with Crippen molar-refractivity contribution >= 4 is 5.91 Å². The Morgan fingerprint density at radius 3 is 1.84 bits per heavy atom. The predicted octanol–water partition coefficient (Wildman–Crippen LogP) is 7.18. The molecule has 0 atom stereocenters. The number of hydrogen-bond donors (Lipinski definition) is 1. The summed E-state index contributed by atoms with van der Waals surface area (Å²) >= 11 is 0. The second-order valence-corrected chi connectivity index (χ2v) is 9.83. The quantitative estimate of drug-likeness (QED) is 0.522. The van der Waals surface area contributed by atoms with Crippen molar-refractivity contribution in [3.8, 4) is 5.75 Å². The number of amides is 1. The normalized spacial score (nSPS) is 17.1. The summed E-state index contributed by atoms with van der Waals surface area (Å²) in [5, 5.41) is 3.23. The predicted molar refractivity (Wildman–Crippen MR) is 133 cm³/mol. The van der Waals surface area contributed by atoms with Gasteiger partial charge in [0.2, 0.25) is 0 Å². The second-order valence-electron chi connectivity index (χ2n) is 9.83. The number of rotatable bonds is 6. The molecule has 1 aliphatic carbocycles. The first-order valence-electron chi connectivity index (χ1n) is 12.6. The lowest BCUT2D eigenvalue weighted by Gasteiger charge is -2.26. The Labute approximate surface area is 195 Å². The Bertz CT molecular complexity index is 786. The van der Waals surface area contributed by atoms with Crippen molar-refractivity contribution in [2.75, 3.05) is 6.61 Å². The molecule has 0 aromatic heterocycles. The van der Waals surface area contributed by atoms with Crippen molar-refractivity contribution in [3.05, 3.63) is 65.7 Å². The van der Waals surface area contributed by atoms with E-state index in [0.717, 1.165) is 18.6 Å². The first-order chi connectivity index (χ1) is 15.6. The highest BCUT2D eigenvalue weighted by atomic mass is 16.5. The van der Waals surface area contributed by atoms with Crippen LogP contribution in [0.5, 0.6) is 5.75 Å². The maximum Gasteiger partial charge on any atom is 0.258 e. The zero-order valence-corrected chi connectivity index (χ0v) is 20.1. The van der Waals surface area contributed by atoms with E-state index in [-0.39, 0.29) is 17.9 Å². The SMILES string of the molecule is CC(C)(c1ccccc1)c1ccc(OCC(=O)NC2CCCCCCCCCCC2)cc1. The van der Waals surface area contributed by atoms with Crippen LogP contribution >= 0.6 is 0 Å². The molecular weight excluding hydrogens is 394 g/mol. The number of nitrogens with one attached hydrogen (secondary N) is 1. The van der Waals surface area contributed by atoms with Crippen LogP contribution in [0.4, 0.5) is 0 Å². The van der Waals surface area contributed by atoms with Gasteiger partial charge in [-0.2, -0.15) is 0 Å². The van der Waals surface area contributed by atoms with Crippen molar-refractivity contribution in [2.45, 2.75) is 95.9 Å². The molecule has 1 amide bonds. The number of carbonyl (C=O) groups is 1. The summed E-state index contributed by atoms with van der Waals surface area (Å²) in [6.07, 6.45) is 14.0. The van der Waals surface area contributed by atoms with Gasteiger partial charge in [0.1, 0.15) is 5.75 Å². The lowest BCUT2D eigenvalue weighted by Crippen LogP contribution is -2.38. The average Bonchev–Trinajstić information content (AvgIpc) is 2.80. The third kappa shape index (κ3) is 7.69. The third-order valence-corrected chi connectivity index (χ3v) is 6.91. The van der Waals surface area contributed by atoms with Crippen LogP contribution in [0.2, 0.25) is 0 Å². The van der Waals surface area contributed by atoms with E-state index >= 15 is 0 Å². The van der Waals surface area contributed by atoms with E-state index in [1.54, 1.807) is 0 Å². The van der Waals surface area contributed by atoms with E-state index in [0.29, 0.717) is 6.04 Å². The molecule has 174 valence electrons. The van der Waals surface area contributed by atoms with Crippen molar-refractivity contribution < 1.29 is 9.53 Å². The lowest BCUT2D eigenvalue weighted by molar-refractivity contribution is -0.123. The lowest BCUT2D eigenvalue weighted by atomic mass is 9.78. The van der Waals surface area contributed by atoms with E-state index < -0.39 is 0 Å². The van der Waals surface area contributed by atoms with Crippen LogP contribution in [0.15, 0.2) is 54.6 Å². The summed E-state index contributed by atoms with van der Waals surface area (Å²) in [7, 11) is 0. The standard InChI is InChI=1S/C29H41NO2/c1-29(2,24-15-11-10-12-16-24)25-19-21-27(22-20-25)32-23-28(31)30-26-17-13-8-6-4-3-5-7-9-14-18-26/h10-12,15-16,19-22,26H,3-9,13-14,17-18,23H2,1-2H3,(H,30,31). The molecule has 3 heteroatoms. The van der Waals surface area contributed by atoms with Gasteiger partial charge in [-0.05, 0) is 36.1 Å². The minimum absolute atomic E-state index is 0.00390. The fraction of sp³-hybridized carbons (Fsp3) is 0.552. The molecule has 1 N–H and O–H groups in total. The molecule has 0 unspecified atom stereocenters. The fourth-order valence-electron chi connectivity index (χ4n) is 4.72. The topological polar surface area (TPSA) is 38.3 Å². The highest BCUT2D eigenvalue weighted by Crippen LogP contribution is 2.32. The molecule has 0 bridgehead atoms. The Balaban J connectivity index is 1.48. The van der Waals surface area contributed by atoms with E-state index in [9.17, 15) is 4.79 Å². The van der Waals surface area contributed by atoms with Gasteiger partial charge in [-0.3, -0.25) is 4.79 Å². The summed E-state index contributed by atoms with van der Waals surface area (Å²) in [5.41, 5.74) is 2.43. The Hall–Kier alpha value is -2.29. The minimum Gasteiger partial charge on any atom is -0.484 e. The van der Waals surface area contributed by atoms with Gasteiger partial charge in [0.25, 0.3) is 5.91 Å². The van der Waals surface area contributed by atoms with Crippen LogP contribution in [0.1, 0.15) is 95.6 Å². The van der Waals surface area contributed by atoms with Crippen LogP contribution < -0.4 is 10.1 Å². The molecule has 3 nitrogen and oxygen atoms in total. The summed E-state index contributed by atoms with van der Waals surface area (Å²) in [6.45, 7) is 4.54. The minimum atomic E-state index is -0.0785. The molecule has 0 radical (unpaired) electrons. The molecule has 2 aromatic carbocycles. The Morgan fingerprint density at radius 2 is 1.28 bits per heavy atom. The van der Waals surface area contributed by atoms with Crippen molar-refractivity contribution in [1.82, 2.24) is 5.32 Å². The highest BCUT2D eigenvalue weighted by molar-refractivity contribution is 5.77. The van der Waals surface area contributed by atoms with Gasteiger partial charge in [-0.1, -0.05) is 114 Å². The Kier molecular flexibility index (Phi) is 9.64. The molecular formula is C29H41NO2. The van der Waals surface area contributed by atoms with E-state index in [1.165, 1.54) is 68.9 Å². The van der Waals surface area contributed by atoms with Gasteiger partial charge in [0.05, 0.1) is 0 Å². The van der Waals surface area contributed by atoms with Gasteiger partial charge in [-0.15, -0.1) is 0 Å². The smallest absolute Gasteiger partial charge is 0.258 e. The molecule has 2 aromatic rings. The first-order valence-corrected chi connectivity index (χ1v) is 12.6. The van der Waals surface area contributed by atoms with Gasteiger partial charge in [0, 0.05) is 11.5 Å². The summed E-state index contributed by atoms with van der Waals surface area (Å²) in [4.78, 5) is 12.5. The van der Waals surface area contributed by atoms with Crippen LogP contribution in [-0.4, -0.2) is 18.6 Å².